The molecule has 0 saturated heterocycles. The lowest BCUT2D eigenvalue weighted by Gasteiger charge is -1.98. The summed E-state index contributed by atoms with van der Waals surface area (Å²) in [7, 11) is 0. The van der Waals surface area contributed by atoms with Gasteiger partial charge >= 0.3 is 6.01 Å². The second-order valence-electron chi connectivity index (χ2n) is 4.32. The second-order valence-corrected chi connectivity index (χ2v) is 4.32. The van der Waals surface area contributed by atoms with Crippen LogP contribution < -0.4 is 10.6 Å². The molecule has 0 radical (unpaired) electrons. The SMILES string of the molecule is CCCC1CC1Nc1nnc(CNCC)o1. The van der Waals surface area contributed by atoms with Crippen molar-refractivity contribution in [3.05, 3.63) is 5.89 Å². The third-order valence-corrected chi connectivity index (χ3v) is 2.88. The maximum absolute atomic E-state index is 5.47. The molecule has 16 heavy (non-hydrogen) atoms. The van der Waals surface area contributed by atoms with Crippen molar-refractivity contribution in [3.63, 3.8) is 0 Å². The summed E-state index contributed by atoms with van der Waals surface area (Å²) in [6, 6.07) is 1.11. The standard InChI is InChI=1S/C11H20N4O/c1-3-5-8-6-9(8)13-11-15-14-10(16-11)7-12-4-2/h8-9,12H,3-7H2,1-2H3,(H,13,15). The molecule has 0 spiro atoms. The Morgan fingerprint density at radius 3 is 3.00 bits per heavy atom. The van der Waals surface area contributed by atoms with Crippen molar-refractivity contribution in [1.82, 2.24) is 15.5 Å². The van der Waals surface area contributed by atoms with Crippen LogP contribution in [0.2, 0.25) is 0 Å². The van der Waals surface area contributed by atoms with E-state index in [0.29, 0.717) is 24.5 Å². The molecule has 2 unspecified atom stereocenters. The van der Waals surface area contributed by atoms with Gasteiger partial charge in [0.25, 0.3) is 0 Å². The first kappa shape index (κ1) is 11.4. The number of anilines is 1. The fourth-order valence-electron chi connectivity index (χ4n) is 1.89. The second kappa shape index (κ2) is 5.30. The highest BCUT2D eigenvalue weighted by Crippen LogP contribution is 2.36. The Hall–Kier alpha value is -1.10. The van der Waals surface area contributed by atoms with Crippen LogP contribution in [0.3, 0.4) is 0 Å². The van der Waals surface area contributed by atoms with Gasteiger partial charge in [-0.2, -0.15) is 0 Å². The van der Waals surface area contributed by atoms with Crippen LogP contribution >= 0.6 is 0 Å². The van der Waals surface area contributed by atoms with E-state index in [1.165, 1.54) is 19.3 Å². The smallest absolute Gasteiger partial charge is 0.315 e. The summed E-state index contributed by atoms with van der Waals surface area (Å²) in [4.78, 5) is 0. The Morgan fingerprint density at radius 2 is 2.25 bits per heavy atom. The number of nitrogens with one attached hydrogen (secondary N) is 2. The van der Waals surface area contributed by atoms with Crippen molar-refractivity contribution in [2.75, 3.05) is 11.9 Å². The Kier molecular flexibility index (Phi) is 3.77. The highest BCUT2D eigenvalue weighted by atomic mass is 16.4. The number of hydrogen-bond donors (Lipinski definition) is 2. The summed E-state index contributed by atoms with van der Waals surface area (Å²) in [6.45, 7) is 5.83. The monoisotopic (exact) mass is 224 g/mol. The topological polar surface area (TPSA) is 63.0 Å². The average molecular weight is 224 g/mol. The summed E-state index contributed by atoms with van der Waals surface area (Å²) < 4.78 is 5.47. The molecule has 2 rings (SSSR count). The first-order valence-electron chi connectivity index (χ1n) is 6.13. The number of rotatable bonds is 7. The van der Waals surface area contributed by atoms with Gasteiger partial charge in [-0.25, -0.2) is 0 Å². The van der Waals surface area contributed by atoms with Gasteiger partial charge in [-0.3, -0.25) is 0 Å². The van der Waals surface area contributed by atoms with Gasteiger partial charge in [0.1, 0.15) is 0 Å². The predicted octanol–water partition coefficient (Wildman–Crippen LogP) is 1.78. The fourth-order valence-corrected chi connectivity index (χ4v) is 1.89. The molecule has 5 nitrogen and oxygen atoms in total. The normalized spacial score (nSPS) is 23.4. The van der Waals surface area contributed by atoms with Crippen molar-refractivity contribution in [1.29, 1.82) is 0 Å². The van der Waals surface area contributed by atoms with Crippen molar-refractivity contribution in [2.24, 2.45) is 5.92 Å². The lowest BCUT2D eigenvalue weighted by Crippen LogP contribution is -2.11. The summed E-state index contributed by atoms with van der Waals surface area (Å²) in [5.74, 6) is 1.45. The van der Waals surface area contributed by atoms with Crippen LogP contribution in [-0.2, 0) is 6.54 Å². The van der Waals surface area contributed by atoms with E-state index in [0.717, 1.165) is 12.5 Å². The molecule has 0 aromatic carbocycles. The Labute approximate surface area is 96.0 Å². The van der Waals surface area contributed by atoms with E-state index >= 15 is 0 Å². The lowest BCUT2D eigenvalue weighted by molar-refractivity contribution is 0.480. The van der Waals surface area contributed by atoms with E-state index in [1.54, 1.807) is 0 Å². The average Bonchev–Trinajstić information content (AvgIpc) is 2.84. The molecule has 1 aromatic heterocycles. The molecule has 0 aliphatic heterocycles. The van der Waals surface area contributed by atoms with Gasteiger partial charge in [0.05, 0.1) is 6.54 Å². The van der Waals surface area contributed by atoms with Gasteiger partial charge in [-0.15, -0.1) is 5.10 Å². The van der Waals surface area contributed by atoms with Gasteiger partial charge in [-0.05, 0) is 25.3 Å². The summed E-state index contributed by atoms with van der Waals surface area (Å²) in [5, 5.41) is 14.4. The van der Waals surface area contributed by atoms with Crippen molar-refractivity contribution < 1.29 is 4.42 Å². The maximum atomic E-state index is 5.47. The first-order valence-corrected chi connectivity index (χ1v) is 6.13. The van der Waals surface area contributed by atoms with E-state index in [2.05, 4.69) is 34.7 Å². The van der Waals surface area contributed by atoms with E-state index < -0.39 is 0 Å². The quantitative estimate of drug-likeness (QED) is 0.739. The molecular weight excluding hydrogens is 204 g/mol. The van der Waals surface area contributed by atoms with Crippen LogP contribution in [0, 0.1) is 5.92 Å². The number of nitrogens with zero attached hydrogens (tertiary/aromatic N) is 2. The van der Waals surface area contributed by atoms with Gasteiger partial charge in [0.2, 0.25) is 5.89 Å². The van der Waals surface area contributed by atoms with Gasteiger partial charge in [0, 0.05) is 6.04 Å². The van der Waals surface area contributed by atoms with Crippen molar-refractivity contribution in [2.45, 2.75) is 45.7 Å². The first-order chi connectivity index (χ1) is 7.83. The molecule has 2 N–H and O–H groups in total. The highest BCUT2D eigenvalue weighted by Gasteiger charge is 2.36. The van der Waals surface area contributed by atoms with Gasteiger partial charge in [-0.1, -0.05) is 25.4 Å². The highest BCUT2D eigenvalue weighted by molar-refractivity contribution is 5.24. The maximum Gasteiger partial charge on any atom is 0.315 e. The number of hydrogen-bond acceptors (Lipinski definition) is 5. The Morgan fingerprint density at radius 1 is 1.38 bits per heavy atom. The summed E-state index contributed by atoms with van der Waals surface area (Å²) >= 11 is 0. The van der Waals surface area contributed by atoms with Crippen molar-refractivity contribution >= 4 is 6.01 Å². The van der Waals surface area contributed by atoms with Gasteiger partial charge in [0.15, 0.2) is 0 Å². The molecule has 2 atom stereocenters. The van der Waals surface area contributed by atoms with E-state index in [-0.39, 0.29) is 0 Å². The molecule has 0 amide bonds. The predicted molar refractivity (Wildman–Crippen MR) is 62.1 cm³/mol. The van der Waals surface area contributed by atoms with Crippen LogP contribution in [0.4, 0.5) is 6.01 Å². The summed E-state index contributed by atoms with van der Waals surface area (Å²) in [5.41, 5.74) is 0. The third kappa shape index (κ3) is 2.95. The van der Waals surface area contributed by atoms with Crippen LogP contribution in [0.5, 0.6) is 0 Å². The molecule has 1 aliphatic carbocycles. The largest absolute Gasteiger partial charge is 0.407 e. The third-order valence-electron chi connectivity index (χ3n) is 2.88. The zero-order valence-electron chi connectivity index (χ0n) is 9.99. The van der Waals surface area contributed by atoms with Crippen LogP contribution in [0.25, 0.3) is 0 Å². The zero-order valence-corrected chi connectivity index (χ0v) is 9.99. The minimum Gasteiger partial charge on any atom is -0.407 e. The Bertz CT molecular complexity index is 326. The zero-order chi connectivity index (χ0) is 11.4. The number of aromatic nitrogens is 2. The van der Waals surface area contributed by atoms with Crippen LogP contribution in [-0.4, -0.2) is 22.8 Å². The molecule has 1 fully saturated rings. The molecule has 5 heteroatoms. The summed E-state index contributed by atoms with van der Waals surface area (Å²) in [6.07, 6.45) is 3.77. The Balaban J connectivity index is 1.75. The molecule has 1 aromatic rings. The van der Waals surface area contributed by atoms with E-state index in [4.69, 9.17) is 4.42 Å². The lowest BCUT2D eigenvalue weighted by atomic mass is 10.2. The van der Waals surface area contributed by atoms with E-state index in [1.807, 2.05) is 0 Å². The van der Waals surface area contributed by atoms with E-state index in [9.17, 15) is 0 Å². The minimum absolute atomic E-state index is 0.549. The van der Waals surface area contributed by atoms with Gasteiger partial charge < -0.3 is 15.1 Å². The fraction of sp³-hybridized carbons (Fsp3) is 0.818. The molecule has 90 valence electrons. The molecular formula is C11H20N4O. The van der Waals surface area contributed by atoms with Crippen LogP contribution in [0.15, 0.2) is 4.42 Å². The minimum atomic E-state index is 0.549. The van der Waals surface area contributed by atoms with Crippen LogP contribution in [0.1, 0.15) is 39.0 Å². The molecule has 0 bridgehead atoms. The molecule has 1 heterocycles. The molecule has 1 aliphatic rings. The molecule has 1 saturated carbocycles. The van der Waals surface area contributed by atoms with Crippen molar-refractivity contribution in [3.8, 4) is 0 Å².